The largest absolute Gasteiger partial charge is 0.488 e. The molecule has 3 rings (SSSR count). The fourth-order valence-corrected chi connectivity index (χ4v) is 3.52. The van der Waals surface area contributed by atoms with Crippen LogP contribution in [0.3, 0.4) is 0 Å². The molecule has 0 aromatic heterocycles. The van der Waals surface area contributed by atoms with Crippen LogP contribution in [-0.2, 0) is 9.53 Å². The predicted octanol–water partition coefficient (Wildman–Crippen LogP) is 3.40. The first-order valence-electron chi connectivity index (χ1n) is 8.98. The van der Waals surface area contributed by atoms with Crippen molar-refractivity contribution in [3.05, 3.63) is 30.1 Å². The van der Waals surface area contributed by atoms with E-state index in [9.17, 15) is 9.18 Å². The number of amides is 1. The van der Waals surface area contributed by atoms with Gasteiger partial charge in [0.25, 0.3) is 0 Å². The third-order valence-corrected chi connectivity index (χ3v) is 4.94. The van der Waals surface area contributed by atoms with Crippen molar-refractivity contribution in [3.8, 4) is 5.75 Å². The van der Waals surface area contributed by atoms with Crippen LogP contribution in [0, 0.1) is 11.7 Å². The monoisotopic (exact) mass is 335 g/mol. The van der Waals surface area contributed by atoms with Crippen molar-refractivity contribution in [3.63, 3.8) is 0 Å². The quantitative estimate of drug-likeness (QED) is 0.800. The van der Waals surface area contributed by atoms with Crippen LogP contribution in [0.15, 0.2) is 24.3 Å². The number of hydrogen-bond acceptors (Lipinski definition) is 3. The van der Waals surface area contributed by atoms with Gasteiger partial charge in [0, 0.05) is 38.7 Å². The molecule has 1 aromatic rings. The Morgan fingerprint density at radius 1 is 1.29 bits per heavy atom. The first-order chi connectivity index (χ1) is 11.7. The van der Waals surface area contributed by atoms with Crippen molar-refractivity contribution in [1.29, 1.82) is 0 Å². The van der Waals surface area contributed by atoms with Crippen LogP contribution in [-0.4, -0.2) is 43.2 Å². The number of nitrogens with zero attached hydrogens (tertiary/aromatic N) is 1. The second-order valence-corrected chi connectivity index (χ2v) is 6.77. The van der Waals surface area contributed by atoms with Gasteiger partial charge < -0.3 is 14.4 Å². The van der Waals surface area contributed by atoms with E-state index < -0.39 is 0 Å². The summed E-state index contributed by atoms with van der Waals surface area (Å²) in [6.45, 7) is 3.07. The lowest BCUT2D eigenvalue weighted by Gasteiger charge is -2.22. The summed E-state index contributed by atoms with van der Waals surface area (Å²) >= 11 is 0. The molecule has 0 bridgehead atoms. The lowest BCUT2D eigenvalue weighted by molar-refractivity contribution is -0.130. The van der Waals surface area contributed by atoms with Crippen LogP contribution in [0.25, 0.3) is 0 Å². The van der Waals surface area contributed by atoms with Crippen molar-refractivity contribution in [2.24, 2.45) is 5.92 Å². The molecule has 2 saturated heterocycles. The third kappa shape index (κ3) is 4.94. The maximum absolute atomic E-state index is 13.2. The minimum Gasteiger partial charge on any atom is -0.488 e. The summed E-state index contributed by atoms with van der Waals surface area (Å²) in [5, 5.41) is 0. The second-order valence-electron chi connectivity index (χ2n) is 6.77. The molecule has 132 valence electrons. The number of likely N-dealkylation sites (tertiary alicyclic amines) is 1. The molecule has 2 aliphatic heterocycles. The maximum Gasteiger partial charge on any atom is 0.222 e. The Balaban J connectivity index is 1.37. The van der Waals surface area contributed by atoms with E-state index in [0.29, 0.717) is 24.6 Å². The number of carbonyl (C=O) groups is 1. The molecule has 0 unspecified atom stereocenters. The number of carbonyl (C=O) groups excluding carboxylic acids is 1. The van der Waals surface area contributed by atoms with Crippen LogP contribution in [0.2, 0.25) is 0 Å². The predicted molar refractivity (Wildman–Crippen MR) is 89.4 cm³/mol. The molecule has 0 saturated carbocycles. The lowest BCUT2D eigenvalue weighted by Crippen LogP contribution is -2.30. The Bertz CT molecular complexity index is 545. The van der Waals surface area contributed by atoms with Crippen molar-refractivity contribution in [2.45, 2.75) is 44.6 Å². The SMILES string of the molecule is O=C(CCCC1CCOCC1)N1CC[C@@H](Oc2cccc(F)c2)C1. The van der Waals surface area contributed by atoms with Gasteiger partial charge in [0.1, 0.15) is 17.7 Å². The Morgan fingerprint density at radius 3 is 2.92 bits per heavy atom. The average Bonchev–Trinajstić information content (AvgIpc) is 3.04. The summed E-state index contributed by atoms with van der Waals surface area (Å²) in [5.41, 5.74) is 0. The summed E-state index contributed by atoms with van der Waals surface area (Å²) in [6.07, 6.45) is 5.71. The number of halogens is 1. The first-order valence-corrected chi connectivity index (χ1v) is 8.98. The van der Waals surface area contributed by atoms with Crippen LogP contribution < -0.4 is 4.74 Å². The lowest BCUT2D eigenvalue weighted by atomic mass is 9.94. The minimum atomic E-state index is -0.299. The van der Waals surface area contributed by atoms with Gasteiger partial charge in [-0.3, -0.25) is 4.79 Å². The Morgan fingerprint density at radius 2 is 2.12 bits per heavy atom. The first kappa shape index (κ1) is 17.2. The highest BCUT2D eigenvalue weighted by molar-refractivity contribution is 5.76. The van der Waals surface area contributed by atoms with E-state index in [1.165, 1.54) is 12.1 Å². The summed E-state index contributed by atoms with van der Waals surface area (Å²) in [7, 11) is 0. The van der Waals surface area contributed by atoms with E-state index in [4.69, 9.17) is 9.47 Å². The van der Waals surface area contributed by atoms with Crippen molar-refractivity contribution in [2.75, 3.05) is 26.3 Å². The van der Waals surface area contributed by atoms with Crippen molar-refractivity contribution in [1.82, 2.24) is 4.90 Å². The molecule has 1 amide bonds. The fourth-order valence-electron chi connectivity index (χ4n) is 3.52. The second kappa shape index (κ2) is 8.47. The highest BCUT2D eigenvalue weighted by atomic mass is 19.1. The fraction of sp³-hybridized carbons (Fsp3) is 0.632. The summed E-state index contributed by atoms with van der Waals surface area (Å²) in [6, 6.07) is 6.18. The van der Waals surface area contributed by atoms with Crippen LogP contribution in [0.1, 0.15) is 38.5 Å². The molecule has 0 spiro atoms. The zero-order valence-electron chi connectivity index (χ0n) is 14.1. The number of ether oxygens (including phenoxy) is 2. The van der Waals surface area contributed by atoms with E-state index in [1.807, 2.05) is 4.90 Å². The average molecular weight is 335 g/mol. The Hall–Kier alpha value is -1.62. The molecule has 2 heterocycles. The van der Waals surface area contributed by atoms with Crippen molar-refractivity contribution < 1.29 is 18.7 Å². The molecular formula is C19H26FNO3. The van der Waals surface area contributed by atoms with Crippen LogP contribution in [0.4, 0.5) is 4.39 Å². The zero-order valence-corrected chi connectivity index (χ0v) is 14.1. The number of hydrogen-bond donors (Lipinski definition) is 0. The van der Waals surface area contributed by atoms with E-state index in [1.54, 1.807) is 12.1 Å². The van der Waals surface area contributed by atoms with Gasteiger partial charge in [0.2, 0.25) is 5.91 Å². The molecule has 2 fully saturated rings. The molecule has 1 atom stereocenters. The van der Waals surface area contributed by atoms with Gasteiger partial charge in [0.15, 0.2) is 0 Å². The Kier molecular flexibility index (Phi) is 6.07. The standard InChI is InChI=1S/C19H26FNO3/c20-16-4-2-5-17(13-16)24-18-7-10-21(14-18)19(22)6-1-3-15-8-11-23-12-9-15/h2,4-5,13,15,18H,1,3,6-12,14H2/t18-/m1/s1. The molecule has 0 aliphatic carbocycles. The maximum atomic E-state index is 13.2. The molecule has 4 nitrogen and oxygen atoms in total. The van der Waals surface area contributed by atoms with E-state index in [2.05, 4.69) is 0 Å². The van der Waals surface area contributed by atoms with Gasteiger partial charge in [-0.1, -0.05) is 6.07 Å². The van der Waals surface area contributed by atoms with E-state index in [-0.39, 0.29) is 17.8 Å². The normalized spacial score (nSPS) is 21.9. The van der Waals surface area contributed by atoms with Gasteiger partial charge in [-0.25, -0.2) is 4.39 Å². The summed E-state index contributed by atoms with van der Waals surface area (Å²) in [4.78, 5) is 14.2. The van der Waals surface area contributed by atoms with E-state index >= 15 is 0 Å². The molecule has 0 N–H and O–H groups in total. The summed E-state index contributed by atoms with van der Waals surface area (Å²) < 4.78 is 24.3. The van der Waals surface area contributed by atoms with Gasteiger partial charge in [-0.15, -0.1) is 0 Å². The molecular weight excluding hydrogens is 309 g/mol. The van der Waals surface area contributed by atoms with Gasteiger partial charge in [0.05, 0.1) is 6.54 Å². The molecule has 1 aromatic carbocycles. The highest BCUT2D eigenvalue weighted by Crippen LogP contribution is 2.23. The Labute approximate surface area is 142 Å². The third-order valence-electron chi connectivity index (χ3n) is 4.94. The minimum absolute atomic E-state index is 0.0359. The van der Waals surface area contributed by atoms with E-state index in [0.717, 1.165) is 51.9 Å². The molecule has 5 heteroatoms. The van der Waals surface area contributed by atoms with Crippen LogP contribution >= 0.6 is 0 Å². The van der Waals surface area contributed by atoms with Gasteiger partial charge in [-0.05, 0) is 43.7 Å². The van der Waals surface area contributed by atoms with Crippen LogP contribution in [0.5, 0.6) is 5.75 Å². The number of benzene rings is 1. The summed E-state index contributed by atoms with van der Waals surface area (Å²) in [5.74, 6) is 1.17. The van der Waals surface area contributed by atoms with Gasteiger partial charge in [-0.2, -0.15) is 0 Å². The van der Waals surface area contributed by atoms with Crippen molar-refractivity contribution >= 4 is 5.91 Å². The zero-order chi connectivity index (χ0) is 16.8. The van der Waals surface area contributed by atoms with Gasteiger partial charge >= 0.3 is 0 Å². The molecule has 2 aliphatic rings. The molecule has 0 radical (unpaired) electrons. The number of rotatable bonds is 6. The molecule has 24 heavy (non-hydrogen) atoms. The topological polar surface area (TPSA) is 38.8 Å². The highest BCUT2D eigenvalue weighted by Gasteiger charge is 2.27. The smallest absolute Gasteiger partial charge is 0.222 e.